The fraction of sp³-hybridized carbons (Fsp3) is 0.556. The van der Waals surface area contributed by atoms with Crippen molar-refractivity contribution in [2.75, 3.05) is 13.1 Å². The summed E-state index contributed by atoms with van der Waals surface area (Å²) in [5.74, 6) is -0.131. The molecular weight excluding hydrogens is 184 g/mol. The maximum Gasteiger partial charge on any atom is 0.317 e. The van der Waals surface area contributed by atoms with Crippen LogP contribution in [-0.4, -0.2) is 34.2 Å². The Hall–Kier alpha value is -1.36. The van der Waals surface area contributed by atoms with Crippen molar-refractivity contribution in [1.82, 2.24) is 10.1 Å². The molecule has 0 saturated carbocycles. The van der Waals surface area contributed by atoms with Crippen LogP contribution < -0.4 is 0 Å². The Bertz CT molecular complexity index is 309. The molecule has 0 aliphatic rings. The maximum absolute atomic E-state index is 10.5. The summed E-state index contributed by atoms with van der Waals surface area (Å²) in [5, 5.41) is 12.3. The largest absolute Gasteiger partial charge is 0.480 e. The summed E-state index contributed by atoms with van der Waals surface area (Å²) in [7, 11) is 0. The quantitative estimate of drug-likeness (QED) is 0.761. The second kappa shape index (κ2) is 4.76. The molecule has 0 aromatic carbocycles. The van der Waals surface area contributed by atoms with Crippen LogP contribution in [0.3, 0.4) is 0 Å². The third-order valence-electron chi connectivity index (χ3n) is 1.86. The number of nitrogens with zero attached hydrogens (tertiary/aromatic N) is 2. The van der Waals surface area contributed by atoms with Crippen molar-refractivity contribution in [1.29, 1.82) is 0 Å². The number of aromatic nitrogens is 1. The molecule has 1 aromatic rings. The number of likely N-dealkylation sites (N-methyl/N-ethyl adjacent to an activating group) is 1. The van der Waals surface area contributed by atoms with Gasteiger partial charge in [0.05, 0.1) is 18.8 Å². The van der Waals surface area contributed by atoms with Gasteiger partial charge in [-0.3, -0.25) is 9.69 Å². The first-order valence-electron chi connectivity index (χ1n) is 4.48. The van der Waals surface area contributed by atoms with E-state index >= 15 is 0 Å². The minimum atomic E-state index is -0.830. The highest BCUT2D eigenvalue weighted by Gasteiger charge is 2.10. The number of carbonyl (C=O) groups is 1. The normalized spacial score (nSPS) is 10.8. The van der Waals surface area contributed by atoms with E-state index in [-0.39, 0.29) is 6.54 Å². The zero-order valence-electron chi connectivity index (χ0n) is 8.36. The molecule has 0 bridgehead atoms. The van der Waals surface area contributed by atoms with Gasteiger partial charge in [-0.25, -0.2) is 0 Å². The van der Waals surface area contributed by atoms with Gasteiger partial charge in [0.1, 0.15) is 0 Å². The highest BCUT2D eigenvalue weighted by Crippen LogP contribution is 2.05. The van der Waals surface area contributed by atoms with Crippen molar-refractivity contribution in [3.05, 3.63) is 17.5 Å². The molecule has 5 heteroatoms. The number of hydrogen-bond donors (Lipinski definition) is 1. The van der Waals surface area contributed by atoms with Crippen LogP contribution in [0.25, 0.3) is 0 Å². The summed E-state index contributed by atoms with van der Waals surface area (Å²) >= 11 is 0. The smallest absolute Gasteiger partial charge is 0.317 e. The monoisotopic (exact) mass is 198 g/mol. The van der Waals surface area contributed by atoms with E-state index in [1.54, 1.807) is 4.90 Å². The molecule has 1 N–H and O–H groups in total. The molecule has 0 aliphatic heterocycles. The number of aryl methyl sites for hydroxylation is 1. The molecule has 14 heavy (non-hydrogen) atoms. The second-order valence-electron chi connectivity index (χ2n) is 3.13. The van der Waals surface area contributed by atoms with Crippen molar-refractivity contribution < 1.29 is 14.4 Å². The topological polar surface area (TPSA) is 66.6 Å². The second-order valence-corrected chi connectivity index (χ2v) is 3.13. The predicted octanol–water partition coefficient (Wildman–Crippen LogP) is 0.890. The number of aliphatic carboxylic acids is 1. The SMILES string of the molecule is CCN(CC(=O)O)Cc1cc(C)no1. The molecule has 0 fully saturated rings. The van der Waals surface area contributed by atoms with Gasteiger partial charge in [-0.1, -0.05) is 12.1 Å². The molecule has 0 radical (unpaired) electrons. The zero-order valence-corrected chi connectivity index (χ0v) is 8.36. The Morgan fingerprint density at radius 1 is 1.71 bits per heavy atom. The molecule has 1 heterocycles. The first-order chi connectivity index (χ1) is 6.61. The van der Waals surface area contributed by atoms with Gasteiger partial charge < -0.3 is 9.63 Å². The first-order valence-corrected chi connectivity index (χ1v) is 4.48. The lowest BCUT2D eigenvalue weighted by atomic mass is 10.3. The molecule has 0 amide bonds. The van der Waals surface area contributed by atoms with Gasteiger partial charge >= 0.3 is 5.97 Å². The van der Waals surface area contributed by atoms with Crippen molar-refractivity contribution in [3.63, 3.8) is 0 Å². The Labute approximate surface area is 82.3 Å². The molecule has 78 valence electrons. The fourth-order valence-corrected chi connectivity index (χ4v) is 1.18. The van der Waals surface area contributed by atoms with Gasteiger partial charge in [-0.15, -0.1) is 0 Å². The molecule has 0 spiro atoms. The summed E-state index contributed by atoms with van der Waals surface area (Å²) in [6.45, 7) is 4.93. The van der Waals surface area contributed by atoms with Crippen LogP contribution in [0.1, 0.15) is 18.4 Å². The maximum atomic E-state index is 10.5. The van der Waals surface area contributed by atoms with Crippen molar-refractivity contribution in [3.8, 4) is 0 Å². The van der Waals surface area contributed by atoms with Gasteiger partial charge in [0, 0.05) is 6.07 Å². The molecule has 0 atom stereocenters. The average Bonchev–Trinajstić information content (AvgIpc) is 2.49. The summed E-state index contributed by atoms with van der Waals surface area (Å²) in [6, 6.07) is 1.81. The van der Waals surface area contributed by atoms with E-state index in [0.717, 1.165) is 5.69 Å². The van der Waals surface area contributed by atoms with E-state index in [0.29, 0.717) is 18.8 Å². The predicted molar refractivity (Wildman–Crippen MR) is 49.8 cm³/mol. The summed E-state index contributed by atoms with van der Waals surface area (Å²) in [5.41, 5.74) is 0.811. The van der Waals surface area contributed by atoms with Crippen LogP contribution in [0.5, 0.6) is 0 Å². The summed E-state index contributed by atoms with van der Waals surface area (Å²) in [4.78, 5) is 12.2. The van der Waals surface area contributed by atoms with Crippen LogP contribution in [-0.2, 0) is 11.3 Å². The van der Waals surface area contributed by atoms with E-state index in [4.69, 9.17) is 9.63 Å². The van der Waals surface area contributed by atoms with E-state index in [1.807, 2.05) is 19.9 Å². The summed E-state index contributed by atoms with van der Waals surface area (Å²) < 4.78 is 4.99. The van der Waals surface area contributed by atoms with E-state index in [9.17, 15) is 4.79 Å². The van der Waals surface area contributed by atoms with Gasteiger partial charge in [0.15, 0.2) is 5.76 Å². The van der Waals surface area contributed by atoms with Crippen LogP contribution in [0, 0.1) is 6.92 Å². The van der Waals surface area contributed by atoms with E-state index < -0.39 is 5.97 Å². The lowest BCUT2D eigenvalue weighted by Gasteiger charge is -2.15. The lowest BCUT2D eigenvalue weighted by molar-refractivity contribution is -0.138. The minimum Gasteiger partial charge on any atom is -0.480 e. The Morgan fingerprint density at radius 2 is 2.43 bits per heavy atom. The van der Waals surface area contributed by atoms with Crippen LogP contribution in [0.15, 0.2) is 10.6 Å². The third kappa shape index (κ3) is 3.18. The van der Waals surface area contributed by atoms with Crippen molar-refractivity contribution >= 4 is 5.97 Å². The van der Waals surface area contributed by atoms with Gasteiger partial charge in [0.2, 0.25) is 0 Å². The molecule has 1 rings (SSSR count). The first kappa shape index (κ1) is 10.7. The third-order valence-corrected chi connectivity index (χ3v) is 1.86. The Kier molecular flexibility index (Phi) is 3.64. The molecule has 0 aliphatic carbocycles. The Morgan fingerprint density at radius 3 is 2.86 bits per heavy atom. The molecule has 1 aromatic heterocycles. The number of carboxylic acids is 1. The highest BCUT2D eigenvalue weighted by molar-refractivity contribution is 5.69. The van der Waals surface area contributed by atoms with E-state index in [2.05, 4.69) is 5.16 Å². The van der Waals surface area contributed by atoms with E-state index in [1.165, 1.54) is 0 Å². The molecule has 0 saturated heterocycles. The van der Waals surface area contributed by atoms with Gasteiger partial charge in [-0.05, 0) is 13.5 Å². The lowest BCUT2D eigenvalue weighted by Crippen LogP contribution is -2.28. The average molecular weight is 198 g/mol. The van der Waals surface area contributed by atoms with Gasteiger partial charge in [0.25, 0.3) is 0 Å². The Balaban J connectivity index is 2.52. The highest BCUT2D eigenvalue weighted by atomic mass is 16.5. The molecular formula is C9H14N2O3. The van der Waals surface area contributed by atoms with Gasteiger partial charge in [-0.2, -0.15) is 0 Å². The summed E-state index contributed by atoms with van der Waals surface area (Å²) in [6.07, 6.45) is 0. The molecule has 0 unspecified atom stereocenters. The number of hydrogen-bond acceptors (Lipinski definition) is 4. The molecule has 5 nitrogen and oxygen atoms in total. The number of carboxylic acid groups (broad SMARTS) is 1. The zero-order chi connectivity index (χ0) is 10.6. The fourth-order valence-electron chi connectivity index (χ4n) is 1.18. The van der Waals surface area contributed by atoms with Crippen LogP contribution in [0.2, 0.25) is 0 Å². The number of rotatable bonds is 5. The van der Waals surface area contributed by atoms with Crippen LogP contribution in [0.4, 0.5) is 0 Å². The van der Waals surface area contributed by atoms with Crippen molar-refractivity contribution in [2.45, 2.75) is 20.4 Å². The van der Waals surface area contributed by atoms with Crippen molar-refractivity contribution in [2.24, 2.45) is 0 Å². The minimum absolute atomic E-state index is 0.0241. The standard InChI is InChI=1S/C9H14N2O3/c1-3-11(6-9(12)13)5-8-4-7(2)10-14-8/h4H,3,5-6H2,1-2H3,(H,12,13). The van der Waals surface area contributed by atoms with Crippen LogP contribution >= 0.6 is 0 Å².